The van der Waals surface area contributed by atoms with Crippen LogP contribution in [-0.2, 0) is 0 Å². The van der Waals surface area contributed by atoms with E-state index < -0.39 is 0 Å². The summed E-state index contributed by atoms with van der Waals surface area (Å²) >= 11 is 0. The van der Waals surface area contributed by atoms with Crippen LogP contribution in [-0.4, -0.2) is 0 Å². The Morgan fingerprint density at radius 3 is 1.40 bits per heavy atom. The van der Waals surface area contributed by atoms with Crippen molar-refractivity contribution < 1.29 is 4.42 Å². The van der Waals surface area contributed by atoms with Crippen molar-refractivity contribution in [1.82, 2.24) is 0 Å². The third kappa shape index (κ3) is 3.50. The van der Waals surface area contributed by atoms with Gasteiger partial charge in [-0.3, -0.25) is 0 Å². The average molecular weight is 571 g/mol. The topological polar surface area (TPSA) is 13.1 Å². The fourth-order valence-corrected chi connectivity index (χ4v) is 7.62. The van der Waals surface area contributed by atoms with Gasteiger partial charge in [0, 0.05) is 16.3 Å². The first kappa shape index (κ1) is 24.5. The van der Waals surface area contributed by atoms with Gasteiger partial charge in [0.25, 0.3) is 0 Å². The maximum absolute atomic E-state index is 6.34. The Kier molecular flexibility index (Phi) is 5.06. The van der Waals surface area contributed by atoms with Gasteiger partial charge in [0.1, 0.15) is 11.2 Å². The lowest BCUT2D eigenvalue weighted by Gasteiger charge is -2.17. The average Bonchev–Trinajstić information content (AvgIpc) is 3.50. The SMILES string of the molecule is c1ccc2c(c1)oc1c(-c3ccc(-c4ccc5c6ccccc6c6c7ccccc7c7ccccc7c6c5c4)cc3)cccc12. The molecule has 0 saturated heterocycles. The van der Waals surface area contributed by atoms with Gasteiger partial charge in [-0.05, 0) is 82.7 Å². The molecular weight excluding hydrogens is 544 g/mol. The molecule has 0 fully saturated rings. The maximum atomic E-state index is 6.34. The van der Waals surface area contributed by atoms with Gasteiger partial charge in [-0.2, -0.15) is 0 Å². The highest BCUT2D eigenvalue weighted by Crippen LogP contribution is 2.45. The number of rotatable bonds is 2. The summed E-state index contributed by atoms with van der Waals surface area (Å²) in [4.78, 5) is 0. The molecule has 1 heterocycles. The van der Waals surface area contributed by atoms with Crippen LogP contribution < -0.4 is 0 Å². The van der Waals surface area contributed by atoms with Crippen LogP contribution in [0.5, 0.6) is 0 Å². The van der Waals surface area contributed by atoms with Crippen molar-refractivity contribution in [2.24, 2.45) is 0 Å². The predicted molar refractivity (Wildman–Crippen MR) is 192 cm³/mol. The highest BCUT2D eigenvalue weighted by molar-refractivity contribution is 6.39. The molecule has 208 valence electrons. The standard InChI is InChI=1S/C44H26O/c1-4-14-36-31(10-1)32-11-2-6-16-38(32)43-40-26-29(24-25-34(40)33-12-3-5-15-37(33)42(36)43)27-20-22-28(23-21-27)30-17-9-18-39-35-13-7-8-19-41(35)45-44(30)39/h1-26H. The Hall–Kier alpha value is -5.92. The summed E-state index contributed by atoms with van der Waals surface area (Å²) < 4.78 is 6.34. The first-order valence-corrected chi connectivity index (χ1v) is 15.5. The molecule has 45 heavy (non-hydrogen) atoms. The molecule has 0 atom stereocenters. The highest BCUT2D eigenvalue weighted by Gasteiger charge is 2.17. The molecule has 0 bridgehead atoms. The van der Waals surface area contributed by atoms with Gasteiger partial charge in [0.15, 0.2) is 0 Å². The van der Waals surface area contributed by atoms with E-state index in [1.165, 1.54) is 65.0 Å². The van der Waals surface area contributed by atoms with E-state index in [-0.39, 0.29) is 0 Å². The van der Waals surface area contributed by atoms with Crippen LogP contribution in [0.15, 0.2) is 162 Å². The van der Waals surface area contributed by atoms with E-state index in [2.05, 4.69) is 146 Å². The third-order valence-electron chi connectivity index (χ3n) is 9.64. The van der Waals surface area contributed by atoms with Crippen molar-refractivity contribution in [3.05, 3.63) is 158 Å². The zero-order valence-corrected chi connectivity index (χ0v) is 24.4. The van der Waals surface area contributed by atoms with Gasteiger partial charge in [-0.15, -0.1) is 0 Å². The van der Waals surface area contributed by atoms with E-state index >= 15 is 0 Å². The van der Waals surface area contributed by atoms with Gasteiger partial charge >= 0.3 is 0 Å². The molecule has 0 aliphatic carbocycles. The number of hydrogen-bond acceptors (Lipinski definition) is 1. The predicted octanol–water partition coefficient (Wildman–Crippen LogP) is 12.7. The fourth-order valence-electron chi connectivity index (χ4n) is 7.62. The monoisotopic (exact) mass is 570 g/mol. The molecule has 0 amide bonds. The zero-order chi connectivity index (χ0) is 29.5. The molecule has 0 saturated carbocycles. The Bertz CT molecular complexity index is 2780. The molecule has 0 N–H and O–H groups in total. The van der Waals surface area contributed by atoms with Crippen molar-refractivity contribution in [3.8, 4) is 22.3 Å². The second-order valence-corrected chi connectivity index (χ2v) is 12.0. The third-order valence-corrected chi connectivity index (χ3v) is 9.64. The lowest BCUT2D eigenvalue weighted by molar-refractivity contribution is 0.670. The fraction of sp³-hybridized carbons (Fsp3) is 0. The van der Waals surface area contributed by atoms with Gasteiger partial charge in [0.05, 0.1) is 0 Å². The van der Waals surface area contributed by atoms with E-state index in [4.69, 9.17) is 4.42 Å². The number of para-hydroxylation sites is 2. The summed E-state index contributed by atoms with van der Waals surface area (Å²) in [5.41, 5.74) is 6.54. The van der Waals surface area contributed by atoms with E-state index in [0.29, 0.717) is 0 Å². The van der Waals surface area contributed by atoms with Crippen LogP contribution in [0.3, 0.4) is 0 Å². The summed E-state index contributed by atoms with van der Waals surface area (Å²) in [6, 6.07) is 57.3. The Labute approximate surface area is 259 Å². The minimum atomic E-state index is 0.924. The molecular formula is C44H26O. The quantitative estimate of drug-likeness (QED) is 0.188. The van der Waals surface area contributed by atoms with E-state index in [1.54, 1.807) is 0 Å². The summed E-state index contributed by atoms with van der Waals surface area (Å²) in [5, 5.41) is 15.3. The number of benzene rings is 9. The van der Waals surface area contributed by atoms with E-state index in [0.717, 1.165) is 33.1 Å². The minimum Gasteiger partial charge on any atom is -0.455 e. The van der Waals surface area contributed by atoms with E-state index in [1.807, 2.05) is 12.1 Å². The van der Waals surface area contributed by atoms with Crippen LogP contribution >= 0.6 is 0 Å². The molecule has 0 unspecified atom stereocenters. The lowest BCUT2D eigenvalue weighted by Crippen LogP contribution is -1.89. The summed E-state index contributed by atoms with van der Waals surface area (Å²) in [7, 11) is 0. The minimum absolute atomic E-state index is 0.924. The summed E-state index contributed by atoms with van der Waals surface area (Å²) in [6.45, 7) is 0. The Morgan fingerprint density at radius 1 is 0.289 bits per heavy atom. The van der Waals surface area contributed by atoms with Gasteiger partial charge in [-0.25, -0.2) is 0 Å². The van der Waals surface area contributed by atoms with Gasteiger partial charge in [-0.1, -0.05) is 146 Å². The molecule has 0 radical (unpaired) electrons. The second kappa shape index (κ2) is 9.29. The number of furan rings is 1. The van der Waals surface area contributed by atoms with Crippen LogP contribution in [0.2, 0.25) is 0 Å². The Balaban J connectivity index is 1.21. The second-order valence-electron chi connectivity index (χ2n) is 12.0. The first-order valence-electron chi connectivity index (χ1n) is 15.5. The normalized spacial score (nSPS) is 12.0. The lowest BCUT2D eigenvalue weighted by atomic mass is 9.86. The van der Waals surface area contributed by atoms with Gasteiger partial charge < -0.3 is 4.42 Å². The maximum Gasteiger partial charge on any atom is 0.143 e. The molecule has 0 spiro atoms. The van der Waals surface area contributed by atoms with Crippen molar-refractivity contribution in [3.63, 3.8) is 0 Å². The van der Waals surface area contributed by atoms with Crippen LogP contribution in [0.25, 0.3) is 98.1 Å². The van der Waals surface area contributed by atoms with Crippen LogP contribution in [0.4, 0.5) is 0 Å². The number of fused-ring (bicyclic) bond motifs is 14. The van der Waals surface area contributed by atoms with Crippen molar-refractivity contribution in [2.75, 3.05) is 0 Å². The van der Waals surface area contributed by atoms with Crippen molar-refractivity contribution >= 4 is 75.8 Å². The smallest absolute Gasteiger partial charge is 0.143 e. The molecule has 1 heteroatoms. The summed E-state index contributed by atoms with van der Waals surface area (Å²) in [5.74, 6) is 0. The molecule has 1 nitrogen and oxygen atoms in total. The molecule has 10 rings (SSSR count). The van der Waals surface area contributed by atoms with E-state index in [9.17, 15) is 0 Å². The Morgan fingerprint density at radius 2 is 0.756 bits per heavy atom. The van der Waals surface area contributed by atoms with Gasteiger partial charge in [0.2, 0.25) is 0 Å². The molecule has 0 aliphatic rings. The van der Waals surface area contributed by atoms with Crippen molar-refractivity contribution in [2.45, 2.75) is 0 Å². The first-order chi connectivity index (χ1) is 22.3. The van der Waals surface area contributed by atoms with Crippen molar-refractivity contribution in [1.29, 1.82) is 0 Å². The van der Waals surface area contributed by atoms with Crippen LogP contribution in [0.1, 0.15) is 0 Å². The summed E-state index contributed by atoms with van der Waals surface area (Å²) in [6.07, 6.45) is 0. The molecule has 1 aromatic heterocycles. The zero-order valence-electron chi connectivity index (χ0n) is 24.4. The highest BCUT2D eigenvalue weighted by atomic mass is 16.3. The largest absolute Gasteiger partial charge is 0.455 e. The molecule has 0 aliphatic heterocycles. The number of hydrogen-bond donors (Lipinski definition) is 0. The van der Waals surface area contributed by atoms with Crippen LogP contribution in [0, 0.1) is 0 Å². The molecule has 9 aromatic carbocycles. The molecule has 10 aromatic rings.